The zero-order chi connectivity index (χ0) is 25.3. The number of likely N-dealkylation sites (tertiary alicyclic amines) is 1. The molecule has 4 fully saturated rings. The highest BCUT2D eigenvalue weighted by Gasteiger charge is 2.54. The second-order valence-electron chi connectivity index (χ2n) is 12.0. The van der Waals surface area contributed by atoms with Crippen LogP contribution in [0.25, 0.3) is 0 Å². The minimum absolute atomic E-state index is 0.00379. The molecule has 198 valence electrons. The predicted octanol–water partition coefficient (Wildman–Crippen LogP) is 3.67. The smallest absolute Gasteiger partial charge is 0.320 e. The largest absolute Gasteiger partial charge is 0.391 e. The second kappa shape index (κ2) is 10.3. The maximum Gasteiger partial charge on any atom is 0.320 e. The van der Waals surface area contributed by atoms with Crippen molar-refractivity contribution in [3.05, 3.63) is 35.9 Å². The monoisotopic (exact) mass is 496 g/mol. The van der Waals surface area contributed by atoms with Gasteiger partial charge in [0.15, 0.2) is 0 Å². The standard InChI is InChI=1S/C29H44N4O3/c1-30(2)29(24-10-4-3-5-11-24)16-14-28(15-17-29)22-32(27(36)33(28)20-23-8-6-9-23)19-13-26(35)31-18-7-12-25(34)21-31/h3-5,10-11,23,25,34H,6-9,12-22H2,1-2H3/t25?,28-,29+. The highest BCUT2D eigenvalue weighted by atomic mass is 16.3. The van der Waals surface area contributed by atoms with Crippen molar-refractivity contribution in [3.63, 3.8) is 0 Å². The van der Waals surface area contributed by atoms with Gasteiger partial charge in [-0.2, -0.15) is 0 Å². The van der Waals surface area contributed by atoms with Gasteiger partial charge >= 0.3 is 6.03 Å². The van der Waals surface area contributed by atoms with Crippen molar-refractivity contribution < 1.29 is 14.7 Å². The number of carbonyl (C=O) groups excluding carboxylic acids is 2. The Bertz CT molecular complexity index is 924. The molecule has 36 heavy (non-hydrogen) atoms. The van der Waals surface area contributed by atoms with Crippen molar-refractivity contribution in [2.45, 2.75) is 81.4 Å². The Kier molecular flexibility index (Phi) is 7.32. The molecule has 1 aromatic carbocycles. The average Bonchev–Trinajstić information content (AvgIpc) is 3.11. The van der Waals surface area contributed by atoms with E-state index in [-0.39, 0.29) is 23.0 Å². The minimum Gasteiger partial charge on any atom is -0.391 e. The number of rotatable bonds is 7. The van der Waals surface area contributed by atoms with Crippen molar-refractivity contribution in [1.82, 2.24) is 19.6 Å². The van der Waals surface area contributed by atoms with E-state index in [0.717, 1.165) is 51.6 Å². The van der Waals surface area contributed by atoms with E-state index < -0.39 is 6.10 Å². The van der Waals surface area contributed by atoms with Gasteiger partial charge < -0.3 is 19.8 Å². The first kappa shape index (κ1) is 25.5. The first-order valence-corrected chi connectivity index (χ1v) is 14.1. The minimum atomic E-state index is -0.416. The predicted molar refractivity (Wildman–Crippen MR) is 140 cm³/mol. The molecule has 1 spiro atoms. The number of urea groups is 1. The maximum absolute atomic E-state index is 13.7. The molecule has 2 heterocycles. The quantitative estimate of drug-likeness (QED) is 0.626. The van der Waals surface area contributed by atoms with Gasteiger partial charge in [-0.15, -0.1) is 0 Å². The van der Waals surface area contributed by atoms with Crippen LogP contribution in [0.15, 0.2) is 30.3 Å². The van der Waals surface area contributed by atoms with Crippen LogP contribution in [-0.4, -0.2) is 95.1 Å². The van der Waals surface area contributed by atoms with E-state index in [4.69, 9.17) is 0 Å². The van der Waals surface area contributed by atoms with Gasteiger partial charge in [-0.25, -0.2) is 4.79 Å². The Morgan fingerprint density at radius 2 is 1.78 bits per heavy atom. The highest BCUT2D eigenvalue weighted by molar-refractivity contribution is 5.80. The lowest BCUT2D eigenvalue weighted by Crippen LogP contribution is -2.56. The number of amides is 3. The Morgan fingerprint density at radius 1 is 1.06 bits per heavy atom. The van der Waals surface area contributed by atoms with Crippen LogP contribution in [0.2, 0.25) is 0 Å². The van der Waals surface area contributed by atoms with E-state index in [9.17, 15) is 14.7 Å². The lowest BCUT2D eigenvalue weighted by molar-refractivity contribution is -0.134. The fraction of sp³-hybridized carbons (Fsp3) is 0.724. The topological polar surface area (TPSA) is 67.3 Å². The van der Waals surface area contributed by atoms with Crippen molar-refractivity contribution in [1.29, 1.82) is 0 Å². The van der Waals surface area contributed by atoms with E-state index in [0.29, 0.717) is 32.0 Å². The number of aliphatic hydroxyl groups is 1. The van der Waals surface area contributed by atoms with E-state index in [1.165, 1.54) is 24.8 Å². The molecule has 1 atom stereocenters. The van der Waals surface area contributed by atoms with E-state index in [1.807, 2.05) is 4.90 Å². The zero-order valence-electron chi connectivity index (χ0n) is 22.2. The van der Waals surface area contributed by atoms with Crippen LogP contribution in [0.4, 0.5) is 4.79 Å². The summed E-state index contributed by atoms with van der Waals surface area (Å²) < 4.78 is 0. The first-order chi connectivity index (χ1) is 17.3. The van der Waals surface area contributed by atoms with Crippen LogP contribution >= 0.6 is 0 Å². The number of hydrogen-bond donors (Lipinski definition) is 1. The van der Waals surface area contributed by atoms with Gasteiger partial charge in [-0.05, 0) is 76.9 Å². The van der Waals surface area contributed by atoms with Gasteiger partial charge in [0.1, 0.15) is 0 Å². The molecule has 4 aliphatic rings. The van der Waals surface area contributed by atoms with E-state index in [1.54, 1.807) is 4.90 Å². The molecule has 2 saturated heterocycles. The van der Waals surface area contributed by atoms with Crippen molar-refractivity contribution in [2.75, 3.05) is 46.8 Å². The van der Waals surface area contributed by atoms with Crippen molar-refractivity contribution in [3.8, 4) is 0 Å². The second-order valence-corrected chi connectivity index (χ2v) is 12.0. The molecule has 2 aliphatic carbocycles. The molecule has 0 radical (unpaired) electrons. The molecule has 0 bridgehead atoms. The molecule has 1 aromatic rings. The van der Waals surface area contributed by atoms with Gasteiger partial charge in [-0.3, -0.25) is 9.69 Å². The van der Waals surface area contributed by atoms with Crippen molar-refractivity contribution in [2.24, 2.45) is 5.92 Å². The molecular formula is C29H44N4O3. The van der Waals surface area contributed by atoms with E-state index in [2.05, 4.69) is 54.2 Å². The Morgan fingerprint density at radius 3 is 2.39 bits per heavy atom. The number of piperidine rings is 1. The maximum atomic E-state index is 13.7. The van der Waals surface area contributed by atoms with Crippen LogP contribution in [0, 0.1) is 5.92 Å². The molecule has 3 amide bonds. The van der Waals surface area contributed by atoms with Crippen LogP contribution in [-0.2, 0) is 10.3 Å². The third-order valence-electron chi connectivity index (χ3n) is 9.74. The molecule has 0 aromatic heterocycles. The molecule has 1 N–H and O–H groups in total. The van der Waals surface area contributed by atoms with Gasteiger partial charge in [0.25, 0.3) is 0 Å². The summed E-state index contributed by atoms with van der Waals surface area (Å²) in [6, 6.07) is 11.0. The number of β-amino-alcohol motifs (C(OH)–C–C–N with tert-alkyl or cyclic N) is 1. The van der Waals surface area contributed by atoms with Gasteiger partial charge in [0.05, 0.1) is 11.6 Å². The summed E-state index contributed by atoms with van der Waals surface area (Å²) in [7, 11) is 4.37. The third kappa shape index (κ3) is 4.76. The number of nitrogens with zero attached hydrogens (tertiary/aromatic N) is 4. The fourth-order valence-corrected chi connectivity index (χ4v) is 7.13. The number of hydrogen-bond acceptors (Lipinski definition) is 4. The molecule has 7 nitrogen and oxygen atoms in total. The summed E-state index contributed by atoms with van der Waals surface area (Å²) in [6.45, 7) is 3.21. The average molecular weight is 497 g/mol. The lowest BCUT2D eigenvalue weighted by atomic mass is 9.68. The summed E-state index contributed by atoms with van der Waals surface area (Å²) in [4.78, 5) is 34.9. The molecule has 5 rings (SSSR count). The van der Waals surface area contributed by atoms with Gasteiger partial charge in [-0.1, -0.05) is 36.8 Å². The fourth-order valence-electron chi connectivity index (χ4n) is 7.13. The Hall–Kier alpha value is -2.12. The van der Waals surface area contributed by atoms with Gasteiger partial charge in [0.2, 0.25) is 5.91 Å². The molecule has 7 heteroatoms. The number of carbonyl (C=O) groups is 2. The Balaban J connectivity index is 1.30. The van der Waals surface area contributed by atoms with Crippen LogP contribution in [0.3, 0.4) is 0 Å². The van der Waals surface area contributed by atoms with Crippen molar-refractivity contribution >= 4 is 11.9 Å². The first-order valence-electron chi connectivity index (χ1n) is 14.1. The zero-order valence-corrected chi connectivity index (χ0v) is 22.2. The summed E-state index contributed by atoms with van der Waals surface area (Å²) in [6.07, 6.45) is 9.29. The summed E-state index contributed by atoms with van der Waals surface area (Å²) in [5.74, 6) is 0.685. The number of aliphatic hydroxyl groups excluding tert-OH is 1. The summed E-state index contributed by atoms with van der Waals surface area (Å²) in [5, 5.41) is 9.96. The van der Waals surface area contributed by atoms with Crippen LogP contribution in [0.5, 0.6) is 0 Å². The number of benzene rings is 1. The van der Waals surface area contributed by atoms with E-state index >= 15 is 0 Å². The lowest BCUT2D eigenvalue weighted by Gasteiger charge is -2.51. The molecule has 1 unspecified atom stereocenters. The Labute approximate surface area is 216 Å². The third-order valence-corrected chi connectivity index (χ3v) is 9.74. The highest BCUT2D eigenvalue weighted by Crippen LogP contribution is 2.49. The normalized spacial score (nSPS) is 31.4. The summed E-state index contributed by atoms with van der Waals surface area (Å²) >= 11 is 0. The molecule has 2 aliphatic heterocycles. The SMILES string of the molecule is CN(C)[C@]1(c2ccccc2)CC[C@]2(CC1)CN(CCC(=O)N1CCCC(O)C1)C(=O)N2CC1CCC1. The summed E-state index contributed by atoms with van der Waals surface area (Å²) in [5.41, 5.74) is 1.23. The van der Waals surface area contributed by atoms with Gasteiger partial charge in [0, 0.05) is 44.7 Å². The van der Waals surface area contributed by atoms with Crippen LogP contribution < -0.4 is 0 Å². The molecule has 2 saturated carbocycles. The molecular weight excluding hydrogens is 452 g/mol. The van der Waals surface area contributed by atoms with Crippen LogP contribution in [0.1, 0.15) is 69.8 Å².